The summed E-state index contributed by atoms with van der Waals surface area (Å²) >= 11 is 0. The van der Waals surface area contributed by atoms with E-state index in [1.165, 1.54) is 19.2 Å². The van der Waals surface area contributed by atoms with E-state index in [4.69, 9.17) is 9.15 Å². The highest BCUT2D eigenvalue weighted by Crippen LogP contribution is 2.30. The Hall–Kier alpha value is -2.57. The molecule has 2 aromatic rings. The van der Waals surface area contributed by atoms with Crippen molar-refractivity contribution >= 4 is 11.7 Å². The van der Waals surface area contributed by atoms with Gasteiger partial charge in [0.15, 0.2) is 23.7 Å². The average Bonchev–Trinajstić information content (AvgIpc) is 3.36. The third kappa shape index (κ3) is 3.18. The van der Waals surface area contributed by atoms with Crippen LogP contribution in [0.3, 0.4) is 0 Å². The van der Waals surface area contributed by atoms with Crippen LogP contribution in [0.25, 0.3) is 0 Å². The Balaban J connectivity index is 1.43. The molecule has 2 saturated heterocycles. The number of amides is 1. The zero-order valence-electron chi connectivity index (χ0n) is 14.4. The number of anilines is 1. The zero-order chi connectivity index (χ0) is 17.2. The molecule has 0 N–H and O–H groups in total. The maximum absolute atomic E-state index is 12.5. The number of hydrogen-bond acceptors (Lipinski definition) is 6. The quantitative estimate of drug-likeness (QED) is 0.849. The normalized spacial score (nSPS) is 20.3. The van der Waals surface area contributed by atoms with Crippen LogP contribution in [0, 0.1) is 6.92 Å². The summed E-state index contributed by atoms with van der Waals surface area (Å²) in [6.07, 6.45) is 6.28. The molecule has 2 aliphatic heterocycles. The van der Waals surface area contributed by atoms with Gasteiger partial charge in [0.25, 0.3) is 5.91 Å². The zero-order valence-corrected chi connectivity index (χ0v) is 14.4. The monoisotopic (exact) mass is 342 g/mol. The van der Waals surface area contributed by atoms with Crippen molar-refractivity contribution in [2.45, 2.75) is 32.3 Å². The van der Waals surface area contributed by atoms with E-state index in [1.807, 2.05) is 12.1 Å². The molecule has 7 nitrogen and oxygen atoms in total. The van der Waals surface area contributed by atoms with Crippen LogP contribution in [0.4, 0.5) is 5.82 Å². The Morgan fingerprint density at radius 3 is 2.88 bits per heavy atom. The van der Waals surface area contributed by atoms with Crippen molar-refractivity contribution in [1.29, 1.82) is 0 Å². The van der Waals surface area contributed by atoms with E-state index in [-0.39, 0.29) is 12.0 Å². The molecule has 4 rings (SSSR count). The lowest BCUT2D eigenvalue weighted by molar-refractivity contribution is 0.0765. The highest BCUT2D eigenvalue weighted by molar-refractivity contribution is 5.93. The van der Waals surface area contributed by atoms with E-state index in [9.17, 15) is 4.79 Å². The van der Waals surface area contributed by atoms with Gasteiger partial charge in [0.1, 0.15) is 11.9 Å². The van der Waals surface area contributed by atoms with E-state index in [2.05, 4.69) is 14.9 Å². The predicted molar refractivity (Wildman–Crippen MR) is 91.9 cm³/mol. The van der Waals surface area contributed by atoms with Crippen LogP contribution in [0.2, 0.25) is 0 Å². The fourth-order valence-electron chi connectivity index (χ4n) is 3.49. The number of ether oxygens (including phenoxy) is 1. The van der Waals surface area contributed by atoms with Crippen molar-refractivity contribution in [2.24, 2.45) is 0 Å². The number of carbonyl (C=O) groups is 1. The number of hydrogen-bond donors (Lipinski definition) is 0. The summed E-state index contributed by atoms with van der Waals surface area (Å²) in [4.78, 5) is 25.1. The molecule has 25 heavy (non-hydrogen) atoms. The highest BCUT2D eigenvalue weighted by atomic mass is 16.5. The van der Waals surface area contributed by atoms with Crippen molar-refractivity contribution in [1.82, 2.24) is 14.9 Å². The molecule has 2 fully saturated rings. The molecule has 1 amide bonds. The van der Waals surface area contributed by atoms with E-state index >= 15 is 0 Å². The fraction of sp³-hybridized carbons (Fsp3) is 0.500. The number of nitrogens with zero attached hydrogens (tertiary/aromatic N) is 4. The van der Waals surface area contributed by atoms with Gasteiger partial charge in [-0.1, -0.05) is 0 Å². The lowest BCUT2D eigenvalue weighted by atomic mass is 10.3. The van der Waals surface area contributed by atoms with Crippen LogP contribution in [0.15, 0.2) is 29.1 Å². The van der Waals surface area contributed by atoms with Crippen molar-refractivity contribution in [3.63, 3.8) is 0 Å². The molecular formula is C18H22N4O3. The summed E-state index contributed by atoms with van der Waals surface area (Å²) in [5, 5.41) is 0. The molecule has 2 aromatic heterocycles. The molecule has 132 valence electrons. The highest BCUT2D eigenvalue weighted by Gasteiger charge is 2.31. The van der Waals surface area contributed by atoms with E-state index in [1.54, 1.807) is 18.0 Å². The Labute approximate surface area is 146 Å². The van der Waals surface area contributed by atoms with Gasteiger partial charge >= 0.3 is 0 Å². The van der Waals surface area contributed by atoms with Gasteiger partial charge in [-0.2, -0.15) is 0 Å². The van der Waals surface area contributed by atoms with Crippen LogP contribution < -0.4 is 9.64 Å². The number of pyridine rings is 1. The van der Waals surface area contributed by atoms with Gasteiger partial charge in [-0.25, -0.2) is 9.97 Å². The van der Waals surface area contributed by atoms with Crippen molar-refractivity contribution in [3.8, 4) is 5.75 Å². The van der Waals surface area contributed by atoms with E-state index in [0.717, 1.165) is 31.1 Å². The predicted octanol–water partition coefficient (Wildman–Crippen LogP) is 2.27. The number of aromatic nitrogens is 2. The van der Waals surface area contributed by atoms with Crippen molar-refractivity contribution < 1.29 is 13.9 Å². The van der Waals surface area contributed by atoms with Crippen LogP contribution >= 0.6 is 0 Å². The minimum atomic E-state index is -0.0942. The minimum absolute atomic E-state index is 0.0262. The number of oxazole rings is 1. The Morgan fingerprint density at radius 2 is 2.12 bits per heavy atom. The first kappa shape index (κ1) is 15.9. The third-order valence-corrected chi connectivity index (χ3v) is 4.83. The molecular weight excluding hydrogens is 320 g/mol. The van der Waals surface area contributed by atoms with E-state index < -0.39 is 0 Å². The first-order valence-electron chi connectivity index (χ1n) is 8.78. The lowest BCUT2D eigenvalue weighted by Crippen LogP contribution is -2.31. The van der Waals surface area contributed by atoms with E-state index in [0.29, 0.717) is 24.5 Å². The number of likely N-dealkylation sites (tertiary alicyclic amines) is 1. The maximum Gasteiger partial charge on any atom is 0.276 e. The average molecular weight is 342 g/mol. The lowest BCUT2D eigenvalue weighted by Gasteiger charge is -2.22. The maximum atomic E-state index is 12.5. The molecule has 0 unspecified atom stereocenters. The first-order chi connectivity index (χ1) is 12.2. The molecule has 0 saturated carbocycles. The standard InChI is InChI=1S/C18H22N4O3/c1-13-16(20-12-24-13)18(23)22-10-6-14(11-22)25-15-5-4-7-19-17(15)21-8-2-3-9-21/h4-5,7,12,14H,2-3,6,8-11H2,1H3/t14-/m0/s1. The molecule has 0 aromatic carbocycles. The first-order valence-corrected chi connectivity index (χ1v) is 8.78. The Morgan fingerprint density at radius 1 is 1.28 bits per heavy atom. The Kier molecular flexibility index (Phi) is 4.29. The van der Waals surface area contributed by atoms with Gasteiger partial charge in [-0.3, -0.25) is 4.79 Å². The number of aryl methyl sites for hydroxylation is 1. The second kappa shape index (κ2) is 6.74. The molecule has 0 radical (unpaired) electrons. The molecule has 0 aliphatic carbocycles. The summed E-state index contributed by atoms with van der Waals surface area (Å²) in [6.45, 7) is 5.01. The number of carbonyl (C=O) groups excluding carboxylic acids is 1. The van der Waals surface area contributed by atoms with Gasteiger partial charge in [0.2, 0.25) is 0 Å². The fourth-order valence-corrected chi connectivity index (χ4v) is 3.49. The smallest absolute Gasteiger partial charge is 0.276 e. The summed E-state index contributed by atoms with van der Waals surface area (Å²) in [5.74, 6) is 2.18. The second-order valence-electron chi connectivity index (χ2n) is 6.56. The van der Waals surface area contributed by atoms with Crippen molar-refractivity contribution in [2.75, 3.05) is 31.1 Å². The van der Waals surface area contributed by atoms with Crippen molar-refractivity contribution in [3.05, 3.63) is 36.2 Å². The van der Waals surface area contributed by atoms with Gasteiger partial charge in [-0.15, -0.1) is 0 Å². The minimum Gasteiger partial charge on any atom is -0.485 e. The molecule has 0 bridgehead atoms. The second-order valence-corrected chi connectivity index (χ2v) is 6.56. The molecule has 1 atom stereocenters. The summed E-state index contributed by atoms with van der Waals surface area (Å²) in [6, 6.07) is 3.86. The van der Waals surface area contributed by atoms with Crippen LogP contribution in [0.5, 0.6) is 5.75 Å². The van der Waals surface area contributed by atoms with Gasteiger partial charge in [-0.05, 0) is 31.9 Å². The SMILES string of the molecule is Cc1ocnc1C(=O)N1CC[C@H](Oc2cccnc2N2CCCC2)C1. The van der Waals surface area contributed by atoms with Crippen LogP contribution in [-0.2, 0) is 0 Å². The Bertz CT molecular complexity index is 754. The molecule has 0 spiro atoms. The van der Waals surface area contributed by atoms with Gasteiger partial charge in [0.05, 0.1) is 6.54 Å². The largest absolute Gasteiger partial charge is 0.485 e. The van der Waals surface area contributed by atoms with Crippen LogP contribution in [-0.4, -0.2) is 53.1 Å². The number of rotatable bonds is 4. The summed E-state index contributed by atoms with van der Waals surface area (Å²) in [5.41, 5.74) is 0.389. The topological polar surface area (TPSA) is 71.7 Å². The van der Waals surface area contributed by atoms with Crippen LogP contribution in [0.1, 0.15) is 35.5 Å². The third-order valence-electron chi connectivity index (χ3n) is 4.83. The van der Waals surface area contributed by atoms with Gasteiger partial charge < -0.3 is 19.0 Å². The summed E-state index contributed by atoms with van der Waals surface area (Å²) in [7, 11) is 0. The van der Waals surface area contributed by atoms with Gasteiger partial charge in [0, 0.05) is 32.3 Å². The molecule has 4 heterocycles. The summed E-state index contributed by atoms with van der Waals surface area (Å²) < 4.78 is 11.3. The molecule has 7 heteroatoms. The molecule has 2 aliphatic rings.